The van der Waals surface area contributed by atoms with Gasteiger partial charge in [-0.15, -0.1) is 0 Å². The van der Waals surface area contributed by atoms with Gasteiger partial charge in [-0.25, -0.2) is 4.79 Å². The molecule has 2 N–H and O–H groups in total. The van der Waals surface area contributed by atoms with E-state index in [4.69, 9.17) is 33.7 Å². The van der Waals surface area contributed by atoms with Crippen LogP contribution >= 0.6 is 35.6 Å². The van der Waals surface area contributed by atoms with Crippen LogP contribution in [-0.2, 0) is 11.4 Å². The van der Waals surface area contributed by atoms with Crippen LogP contribution in [0.15, 0.2) is 47.4 Å². The first-order valence-electron chi connectivity index (χ1n) is 7.42. The predicted molar refractivity (Wildman–Crippen MR) is 105 cm³/mol. The third-order valence-electron chi connectivity index (χ3n) is 3.49. The number of halogens is 1. The topological polar surface area (TPSA) is 75.6 Å². The zero-order valence-corrected chi connectivity index (χ0v) is 15.6. The number of aromatic carboxylic acids is 1. The van der Waals surface area contributed by atoms with Crippen molar-refractivity contribution < 1.29 is 19.4 Å². The van der Waals surface area contributed by atoms with Crippen molar-refractivity contribution >= 4 is 57.9 Å². The van der Waals surface area contributed by atoms with E-state index in [0.717, 1.165) is 11.1 Å². The van der Waals surface area contributed by atoms with E-state index >= 15 is 0 Å². The maximum absolute atomic E-state index is 11.7. The summed E-state index contributed by atoms with van der Waals surface area (Å²) >= 11 is 12.4. The number of carbonyl (C=O) groups is 2. The van der Waals surface area contributed by atoms with Gasteiger partial charge in [-0.05, 0) is 41.5 Å². The van der Waals surface area contributed by atoms with Crippen molar-refractivity contribution in [2.45, 2.75) is 6.61 Å². The van der Waals surface area contributed by atoms with Gasteiger partial charge < -0.3 is 15.2 Å². The fraction of sp³-hybridized carbons (Fsp3) is 0.0556. The molecule has 1 aliphatic heterocycles. The van der Waals surface area contributed by atoms with Crippen LogP contribution in [0.2, 0.25) is 5.02 Å². The second-order valence-electron chi connectivity index (χ2n) is 5.33. The Morgan fingerprint density at radius 1 is 1.27 bits per heavy atom. The van der Waals surface area contributed by atoms with E-state index in [1.54, 1.807) is 36.4 Å². The Morgan fingerprint density at radius 2 is 2.00 bits per heavy atom. The molecule has 0 spiro atoms. The Bertz CT molecular complexity index is 925. The van der Waals surface area contributed by atoms with Gasteiger partial charge in [0.05, 0.1) is 15.5 Å². The number of thiocarbonyl (C=S) groups is 1. The lowest BCUT2D eigenvalue weighted by Gasteiger charge is -2.09. The molecule has 0 unspecified atom stereocenters. The van der Waals surface area contributed by atoms with Gasteiger partial charge in [-0.2, -0.15) is 0 Å². The van der Waals surface area contributed by atoms with E-state index in [2.05, 4.69) is 5.32 Å². The first kappa shape index (κ1) is 18.4. The molecular formula is C18H12ClNO4S2. The molecule has 0 radical (unpaired) electrons. The van der Waals surface area contributed by atoms with Crippen LogP contribution in [0.5, 0.6) is 5.75 Å². The molecule has 1 heterocycles. The van der Waals surface area contributed by atoms with Crippen LogP contribution in [0, 0.1) is 0 Å². The minimum atomic E-state index is -0.972. The molecule has 0 aliphatic carbocycles. The smallest absolute Gasteiger partial charge is 0.335 e. The molecule has 2 aromatic rings. The summed E-state index contributed by atoms with van der Waals surface area (Å²) in [6.07, 6.45) is 1.71. The second-order valence-corrected chi connectivity index (χ2v) is 7.46. The lowest BCUT2D eigenvalue weighted by molar-refractivity contribution is -0.115. The van der Waals surface area contributed by atoms with Crippen molar-refractivity contribution in [3.63, 3.8) is 0 Å². The maximum Gasteiger partial charge on any atom is 0.335 e. The standard InChI is InChI=1S/C18H12ClNO4S2/c19-13-7-11(8-15-16(21)20-18(25)26-15)3-6-14(13)24-9-10-1-4-12(5-2-10)17(22)23/h1-8H,9H2,(H,22,23)(H,20,21,25)/b15-8-. The molecule has 1 aliphatic rings. The molecule has 132 valence electrons. The Hall–Kier alpha value is -2.35. The number of carboxylic acids is 1. The highest BCUT2D eigenvalue weighted by molar-refractivity contribution is 8.26. The summed E-state index contributed by atoms with van der Waals surface area (Å²) in [5.74, 6) is -0.698. The van der Waals surface area contributed by atoms with Crippen molar-refractivity contribution in [1.82, 2.24) is 5.32 Å². The molecule has 26 heavy (non-hydrogen) atoms. The number of thioether (sulfide) groups is 1. The Balaban J connectivity index is 1.68. The maximum atomic E-state index is 11.7. The monoisotopic (exact) mass is 405 g/mol. The molecule has 0 atom stereocenters. The molecule has 2 aromatic carbocycles. The number of carboxylic acid groups (broad SMARTS) is 1. The zero-order valence-electron chi connectivity index (χ0n) is 13.2. The summed E-state index contributed by atoms with van der Waals surface area (Å²) in [6, 6.07) is 11.6. The second kappa shape index (κ2) is 7.90. The first-order chi connectivity index (χ1) is 12.4. The number of rotatable bonds is 5. The molecule has 0 aromatic heterocycles. The van der Waals surface area contributed by atoms with E-state index < -0.39 is 5.97 Å². The van der Waals surface area contributed by atoms with Gasteiger partial charge >= 0.3 is 5.97 Å². The van der Waals surface area contributed by atoms with Crippen LogP contribution in [0.1, 0.15) is 21.5 Å². The highest BCUT2D eigenvalue weighted by Gasteiger charge is 2.22. The first-order valence-corrected chi connectivity index (χ1v) is 9.02. The van der Waals surface area contributed by atoms with E-state index in [-0.39, 0.29) is 18.1 Å². The fourth-order valence-corrected chi connectivity index (χ4v) is 3.49. The van der Waals surface area contributed by atoms with Crippen LogP contribution in [0.4, 0.5) is 0 Å². The van der Waals surface area contributed by atoms with E-state index in [1.165, 1.54) is 23.9 Å². The van der Waals surface area contributed by atoms with E-state index in [0.29, 0.717) is 20.0 Å². The third kappa shape index (κ3) is 4.43. The van der Waals surface area contributed by atoms with Gasteiger partial charge in [-0.3, -0.25) is 4.79 Å². The number of nitrogens with one attached hydrogen (secondary N) is 1. The molecule has 3 rings (SSSR count). The van der Waals surface area contributed by atoms with E-state index in [1.807, 2.05) is 0 Å². The van der Waals surface area contributed by atoms with Gasteiger partial charge in [0.15, 0.2) is 0 Å². The summed E-state index contributed by atoms with van der Waals surface area (Å²) in [6.45, 7) is 0.257. The van der Waals surface area contributed by atoms with Crippen molar-refractivity contribution in [3.8, 4) is 5.75 Å². The number of amides is 1. The number of carbonyl (C=O) groups excluding carboxylic acids is 1. The van der Waals surface area contributed by atoms with Gasteiger partial charge in [-0.1, -0.05) is 53.8 Å². The van der Waals surface area contributed by atoms with Crippen LogP contribution < -0.4 is 10.1 Å². The minimum Gasteiger partial charge on any atom is -0.487 e. The normalized spacial score (nSPS) is 15.2. The Labute approximate surface area is 164 Å². The summed E-state index contributed by atoms with van der Waals surface area (Å²) in [5.41, 5.74) is 1.80. The molecule has 0 saturated carbocycles. The molecular weight excluding hydrogens is 394 g/mol. The molecule has 1 fully saturated rings. The summed E-state index contributed by atoms with van der Waals surface area (Å²) in [7, 11) is 0. The van der Waals surface area contributed by atoms with Gasteiger partial charge in [0.1, 0.15) is 16.7 Å². The molecule has 8 heteroatoms. The minimum absolute atomic E-state index is 0.220. The van der Waals surface area contributed by atoms with E-state index in [9.17, 15) is 9.59 Å². The molecule has 1 amide bonds. The van der Waals surface area contributed by atoms with Crippen LogP contribution in [-0.4, -0.2) is 21.3 Å². The highest BCUT2D eigenvalue weighted by atomic mass is 35.5. The molecule has 5 nitrogen and oxygen atoms in total. The molecule has 1 saturated heterocycles. The number of hydrogen-bond acceptors (Lipinski definition) is 5. The van der Waals surface area contributed by atoms with Crippen molar-refractivity contribution in [1.29, 1.82) is 0 Å². The number of ether oxygens (including phenoxy) is 1. The zero-order chi connectivity index (χ0) is 18.7. The van der Waals surface area contributed by atoms with Gasteiger partial charge in [0.2, 0.25) is 0 Å². The Kier molecular flexibility index (Phi) is 5.61. The highest BCUT2D eigenvalue weighted by Crippen LogP contribution is 2.30. The average molecular weight is 406 g/mol. The SMILES string of the molecule is O=C1NC(=S)S/C1=C\c1ccc(OCc2ccc(C(=O)O)cc2)c(Cl)c1. The van der Waals surface area contributed by atoms with Crippen LogP contribution in [0.25, 0.3) is 6.08 Å². The van der Waals surface area contributed by atoms with Crippen molar-refractivity contribution in [2.24, 2.45) is 0 Å². The molecule has 0 bridgehead atoms. The van der Waals surface area contributed by atoms with Crippen molar-refractivity contribution in [2.75, 3.05) is 0 Å². The average Bonchev–Trinajstić information content (AvgIpc) is 2.91. The Morgan fingerprint density at radius 3 is 2.58 bits per heavy atom. The fourth-order valence-electron chi connectivity index (χ4n) is 2.20. The van der Waals surface area contributed by atoms with Crippen LogP contribution in [0.3, 0.4) is 0 Å². The van der Waals surface area contributed by atoms with Crippen molar-refractivity contribution in [3.05, 3.63) is 69.1 Å². The quantitative estimate of drug-likeness (QED) is 0.576. The third-order valence-corrected chi connectivity index (χ3v) is 4.95. The van der Waals surface area contributed by atoms with Gasteiger partial charge in [0, 0.05) is 0 Å². The summed E-state index contributed by atoms with van der Waals surface area (Å²) in [5, 5.41) is 11.9. The van der Waals surface area contributed by atoms with Gasteiger partial charge in [0.25, 0.3) is 5.91 Å². The summed E-state index contributed by atoms with van der Waals surface area (Å²) < 4.78 is 6.11. The lowest BCUT2D eigenvalue weighted by atomic mass is 10.1. The number of hydrogen-bond donors (Lipinski definition) is 2. The number of benzene rings is 2. The largest absolute Gasteiger partial charge is 0.487 e. The predicted octanol–water partition coefficient (Wildman–Crippen LogP) is 4.11. The summed E-state index contributed by atoms with van der Waals surface area (Å²) in [4.78, 5) is 23.0. The lowest BCUT2D eigenvalue weighted by Crippen LogP contribution is -2.17.